The van der Waals surface area contributed by atoms with E-state index in [-0.39, 0.29) is 0 Å². The molecule has 0 radical (unpaired) electrons. The molecule has 1 heterocycles. The fourth-order valence-electron chi connectivity index (χ4n) is 0.547. The Morgan fingerprint density at radius 2 is 2.50 bits per heavy atom. The molecule has 1 aromatic rings. The van der Waals surface area contributed by atoms with E-state index in [4.69, 9.17) is 5.73 Å². The number of nitrogens with two attached hydrogens (primary N) is 1. The van der Waals surface area contributed by atoms with E-state index in [0.717, 1.165) is 6.42 Å². The minimum atomic E-state index is 0.361. The minimum Gasteiger partial charge on any atom is -0.368 e. The summed E-state index contributed by atoms with van der Waals surface area (Å²) >= 11 is 1.48. The lowest BCUT2D eigenvalue weighted by molar-refractivity contribution is 0.977. The zero-order valence-electron chi connectivity index (χ0n) is 7.16. The lowest BCUT2D eigenvalue weighted by atomic mass is 10.3. The number of thioether (sulfide) groups is 1. The summed E-state index contributed by atoms with van der Waals surface area (Å²) in [5, 5.41) is 9.15. The molecular formula is C7H12N4S. The van der Waals surface area contributed by atoms with Crippen LogP contribution in [0.5, 0.6) is 0 Å². The molecule has 0 atom stereocenters. The maximum atomic E-state index is 5.35. The standard InChI is InChI=1S/C7H12N4S/c1-3-5(2)4-12-7-9-6(8)10-11-7/h4H,3H2,1-2H3,(H3,8,9,10,11)/b5-4+. The van der Waals surface area contributed by atoms with Gasteiger partial charge >= 0.3 is 0 Å². The highest BCUT2D eigenvalue weighted by molar-refractivity contribution is 8.02. The van der Waals surface area contributed by atoms with Gasteiger partial charge in [0.15, 0.2) is 0 Å². The van der Waals surface area contributed by atoms with Crippen molar-refractivity contribution in [1.82, 2.24) is 15.2 Å². The van der Waals surface area contributed by atoms with Crippen LogP contribution in [-0.4, -0.2) is 15.2 Å². The molecule has 1 rings (SSSR count). The maximum Gasteiger partial charge on any atom is 0.216 e. The van der Waals surface area contributed by atoms with Gasteiger partial charge in [-0.1, -0.05) is 24.3 Å². The molecule has 0 unspecified atom stereocenters. The van der Waals surface area contributed by atoms with E-state index in [2.05, 4.69) is 29.0 Å². The SMILES string of the molecule is CC/C(C)=C/Sc1n[nH]c(N)n1. The summed E-state index contributed by atoms with van der Waals surface area (Å²) in [5.41, 5.74) is 6.66. The molecule has 0 amide bonds. The first-order valence-corrected chi connectivity index (χ1v) is 4.60. The van der Waals surface area contributed by atoms with Crippen LogP contribution in [0.4, 0.5) is 5.95 Å². The minimum absolute atomic E-state index is 0.361. The molecule has 0 spiro atoms. The van der Waals surface area contributed by atoms with Gasteiger partial charge in [-0.15, -0.1) is 5.10 Å². The van der Waals surface area contributed by atoms with Crippen LogP contribution < -0.4 is 5.73 Å². The number of hydrogen-bond donors (Lipinski definition) is 2. The Labute approximate surface area is 75.6 Å². The normalized spacial score (nSPS) is 12.0. The molecule has 0 aromatic carbocycles. The van der Waals surface area contributed by atoms with Crippen LogP contribution in [0, 0.1) is 0 Å². The van der Waals surface area contributed by atoms with Crippen LogP contribution in [0.3, 0.4) is 0 Å². The third kappa shape index (κ3) is 2.58. The molecule has 12 heavy (non-hydrogen) atoms. The second-order valence-electron chi connectivity index (χ2n) is 2.44. The zero-order chi connectivity index (χ0) is 8.97. The van der Waals surface area contributed by atoms with Crippen molar-refractivity contribution < 1.29 is 0 Å². The molecule has 0 aliphatic carbocycles. The molecule has 66 valence electrons. The van der Waals surface area contributed by atoms with Gasteiger partial charge in [0.05, 0.1) is 0 Å². The van der Waals surface area contributed by atoms with Crippen LogP contribution in [0.15, 0.2) is 16.1 Å². The summed E-state index contributed by atoms with van der Waals surface area (Å²) in [6.07, 6.45) is 1.05. The molecule has 0 aliphatic rings. The summed E-state index contributed by atoms with van der Waals surface area (Å²) in [6.45, 7) is 4.18. The quantitative estimate of drug-likeness (QED) is 0.703. The van der Waals surface area contributed by atoms with Gasteiger partial charge in [-0.05, 0) is 18.8 Å². The molecule has 1 aromatic heterocycles. The number of aromatic nitrogens is 3. The predicted octanol–water partition coefficient (Wildman–Crippen LogP) is 1.79. The van der Waals surface area contributed by atoms with Crippen LogP contribution in [0.2, 0.25) is 0 Å². The van der Waals surface area contributed by atoms with E-state index in [0.29, 0.717) is 11.1 Å². The van der Waals surface area contributed by atoms with Crippen molar-refractivity contribution in [3.63, 3.8) is 0 Å². The van der Waals surface area contributed by atoms with Crippen LogP contribution >= 0.6 is 11.8 Å². The topological polar surface area (TPSA) is 67.6 Å². The molecule has 0 saturated heterocycles. The van der Waals surface area contributed by atoms with E-state index >= 15 is 0 Å². The summed E-state index contributed by atoms with van der Waals surface area (Å²) in [4.78, 5) is 3.95. The van der Waals surface area contributed by atoms with E-state index in [9.17, 15) is 0 Å². The smallest absolute Gasteiger partial charge is 0.216 e. The van der Waals surface area contributed by atoms with Crippen LogP contribution in [0.1, 0.15) is 20.3 Å². The van der Waals surface area contributed by atoms with E-state index in [1.807, 2.05) is 5.41 Å². The number of aromatic amines is 1. The third-order valence-electron chi connectivity index (χ3n) is 1.41. The summed E-state index contributed by atoms with van der Waals surface area (Å²) in [6, 6.07) is 0. The van der Waals surface area contributed by atoms with Gasteiger partial charge in [0.25, 0.3) is 0 Å². The highest BCUT2D eigenvalue weighted by Crippen LogP contribution is 2.17. The molecule has 0 fully saturated rings. The number of anilines is 1. The Kier molecular flexibility index (Phi) is 3.16. The molecule has 4 nitrogen and oxygen atoms in total. The highest BCUT2D eigenvalue weighted by atomic mass is 32.2. The number of H-pyrrole nitrogens is 1. The van der Waals surface area contributed by atoms with Crippen molar-refractivity contribution in [3.8, 4) is 0 Å². The van der Waals surface area contributed by atoms with Crippen molar-refractivity contribution in [2.75, 3.05) is 5.73 Å². The summed E-state index contributed by atoms with van der Waals surface area (Å²) in [7, 11) is 0. The van der Waals surface area contributed by atoms with Crippen molar-refractivity contribution in [1.29, 1.82) is 0 Å². The molecular weight excluding hydrogens is 172 g/mol. The van der Waals surface area contributed by atoms with Gasteiger partial charge in [0.2, 0.25) is 11.1 Å². The summed E-state index contributed by atoms with van der Waals surface area (Å²) < 4.78 is 0. The third-order valence-corrected chi connectivity index (χ3v) is 2.32. The fraction of sp³-hybridized carbons (Fsp3) is 0.429. The fourth-order valence-corrected chi connectivity index (χ4v) is 1.27. The number of nitrogen functional groups attached to an aromatic ring is 1. The monoisotopic (exact) mass is 184 g/mol. The second-order valence-corrected chi connectivity index (χ2v) is 3.28. The second kappa shape index (κ2) is 4.15. The lowest BCUT2D eigenvalue weighted by Crippen LogP contribution is -1.84. The lowest BCUT2D eigenvalue weighted by Gasteiger charge is -1.91. The van der Waals surface area contributed by atoms with Gasteiger partial charge in [0.1, 0.15) is 0 Å². The average molecular weight is 184 g/mol. The molecule has 0 bridgehead atoms. The Bertz CT molecular complexity index is 279. The average Bonchev–Trinajstić information content (AvgIpc) is 2.47. The van der Waals surface area contributed by atoms with Gasteiger partial charge in [-0.25, -0.2) is 5.10 Å². The summed E-state index contributed by atoms with van der Waals surface area (Å²) in [5.74, 6) is 0.361. The van der Waals surface area contributed by atoms with Crippen molar-refractivity contribution in [2.45, 2.75) is 25.4 Å². The van der Waals surface area contributed by atoms with Gasteiger partial charge in [-0.3, -0.25) is 0 Å². The Morgan fingerprint density at radius 3 is 3.00 bits per heavy atom. The molecule has 5 heteroatoms. The largest absolute Gasteiger partial charge is 0.368 e. The molecule has 0 saturated carbocycles. The number of nitrogens with zero attached hydrogens (tertiary/aromatic N) is 2. The van der Waals surface area contributed by atoms with E-state index in [1.54, 1.807) is 0 Å². The van der Waals surface area contributed by atoms with E-state index in [1.165, 1.54) is 17.3 Å². The highest BCUT2D eigenvalue weighted by Gasteiger charge is 1.97. The van der Waals surface area contributed by atoms with Crippen LogP contribution in [0.25, 0.3) is 0 Å². The first-order chi connectivity index (χ1) is 5.72. The number of rotatable bonds is 3. The molecule has 0 aliphatic heterocycles. The first-order valence-electron chi connectivity index (χ1n) is 3.72. The van der Waals surface area contributed by atoms with Gasteiger partial charge in [0, 0.05) is 0 Å². The maximum absolute atomic E-state index is 5.35. The van der Waals surface area contributed by atoms with E-state index < -0.39 is 0 Å². The number of allylic oxidation sites excluding steroid dienone is 1. The van der Waals surface area contributed by atoms with Crippen molar-refractivity contribution >= 4 is 17.7 Å². The first kappa shape index (κ1) is 9.12. The molecule has 3 N–H and O–H groups in total. The Balaban J connectivity index is 2.53. The van der Waals surface area contributed by atoms with Gasteiger partial charge in [-0.2, -0.15) is 4.98 Å². The Hall–Kier alpha value is -0.970. The zero-order valence-corrected chi connectivity index (χ0v) is 7.98. The number of nitrogens with one attached hydrogen (secondary N) is 1. The number of hydrogen-bond acceptors (Lipinski definition) is 4. The van der Waals surface area contributed by atoms with Crippen molar-refractivity contribution in [2.24, 2.45) is 0 Å². The predicted molar refractivity (Wildman–Crippen MR) is 50.7 cm³/mol. The van der Waals surface area contributed by atoms with Gasteiger partial charge < -0.3 is 5.73 Å². The Morgan fingerprint density at radius 1 is 1.75 bits per heavy atom. The van der Waals surface area contributed by atoms with Crippen LogP contribution in [-0.2, 0) is 0 Å². The van der Waals surface area contributed by atoms with Crippen molar-refractivity contribution in [3.05, 3.63) is 11.0 Å².